The molecule has 2 aliphatic heterocycles. The van der Waals surface area contributed by atoms with Gasteiger partial charge in [0.1, 0.15) is 0 Å². The average Bonchev–Trinajstić information content (AvgIpc) is 2.41. The Labute approximate surface area is 116 Å². The summed E-state index contributed by atoms with van der Waals surface area (Å²) >= 11 is 0. The van der Waals surface area contributed by atoms with Crippen molar-refractivity contribution in [3.63, 3.8) is 0 Å². The van der Waals surface area contributed by atoms with Crippen molar-refractivity contribution in [1.82, 2.24) is 15.1 Å². The van der Waals surface area contributed by atoms with E-state index in [0.29, 0.717) is 18.6 Å². The minimum atomic E-state index is -0.270. The predicted octanol–water partition coefficient (Wildman–Crippen LogP) is -0.248. The molecule has 3 atom stereocenters. The van der Waals surface area contributed by atoms with E-state index in [-0.39, 0.29) is 6.10 Å². The van der Waals surface area contributed by atoms with E-state index in [1.807, 2.05) is 0 Å². The standard InChI is InChI=1S/C14H29N3O2/c1-12-9-13(3-4-16(12)2)15-10-14(18)11-17-5-7-19-8-6-17/h12-15,18H,3-11H2,1-2H3. The topological polar surface area (TPSA) is 48.0 Å². The van der Waals surface area contributed by atoms with Gasteiger partial charge in [0, 0.05) is 38.3 Å². The van der Waals surface area contributed by atoms with E-state index in [9.17, 15) is 5.11 Å². The fourth-order valence-electron chi connectivity index (χ4n) is 2.92. The van der Waals surface area contributed by atoms with E-state index in [1.165, 1.54) is 12.8 Å². The quantitative estimate of drug-likeness (QED) is 0.722. The maximum atomic E-state index is 10.1. The van der Waals surface area contributed by atoms with Crippen LogP contribution in [-0.4, -0.2) is 86.1 Å². The molecule has 5 nitrogen and oxygen atoms in total. The Morgan fingerprint density at radius 1 is 1.32 bits per heavy atom. The lowest BCUT2D eigenvalue weighted by Crippen LogP contribution is -2.49. The summed E-state index contributed by atoms with van der Waals surface area (Å²) in [6.07, 6.45) is 2.10. The Bertz CT molecular complexity index is 259. The van der Waals surface area contributed by atoms with Crippen LogP contribution in [0.5, 0.6) is 0 Å². The first-order valence-electron chi connectivity index (χ1n) is 7.57. The predicted molar refractivity (Wildman–Crippen MR) is 76.4 cm³/mol. The molecule has 0 aromatic heterocycles. The van der Waals surface area contributed by atoms with Crippen LogP contribution in [0.2, 0.25) is 0 Å². The van der Waals surface area contributed by atoms with E-state index < -0.39 is 0 Å². The summed E-state index contributed by atoms with van der Waals surface area (Å²) in [5.41, 5.74) is 0. The summed E-state index contributed by atoms with van der Waals surface area (Å²) in [4.78, 5) is 4.69. The number of morpholine rings is 1. The molecular weight excluding hydrogens is 242 g/mol. The van der Waals surface area contributed by atoms with Crippen LogP contribution in [0.25, 0.3) is 0 Å². The van der Waals surface area contributed by atoms with Crippen LogP contribution in [0.15, 0.2) is 0 Å². The van der Waals surface area contributed by atoms with E-state index in [4.69, 9.17) is 4.74 Å². The number of rotatable bonds is 5. The van der Waals surface area contributed by atoms with Gasteiger partial charge in [-0.05, 0) is 33.4 Å². The molecule has 0 aromatic carbocycles. The first-order valence-corrected chi connectivity index (χ1v) is 7.57. The van der Waals surface area contributed by atoms with Gasteiger partial charge in [0.25, 0.3) is 0 Å². The molecule has 0 saturated carbocycles. The number of hydrogen-bond donors (Lipinski definition) is 2. The summed E-state index contributed by atoms with van der Waals surface area (Å²) < 4.78 is 5.31. The van der Waals surface area contributed by atoms with Crippen molar-refractivity contribution in [2.75, 3.05) is 53.0 Å². The second kappa shape index (κ2) is 7.55. The number of β-amino-alcohol motifs (C(OH)–C–C–N with tert-alkyl or cyclic N) is 1. The van der Waals surface area contributed by atoms with Gasteiger partial charge in [-0.3, -0.25) is 4.90 Å². The van der Waals surface area contributed by atoms with E-state index in [2.05, 4.69) is 29.1 Å². The number of aliphatic hydroxyl groups excluding tert-OH is 1. The Kier molecular flexibility index (Phi) is 6.04. The molecule has 2 rings (SSSR count). The molecule has 2 heterocycles. The highest BCUT2D eigenvalue weighted by atomic mass is 16.5. The average molecular weight is 271 g/mol. The lowest BCUT2D eigenvalue weighted by atomic mass is 9.99. The highest BCUT2D eigenvalue weighted by molar-refractivity contribution is 4.82. The molecule has 3 unspecified atom stereocenters. The van der Waals surface area contributed by atoms with Crippen molar-refractivity contribution in [3.8, 4) is 0 Å². The van der Waals surface area contributed by atoms with Gasteiger partial charge in [0.15, 0.2) is 0 Å². The van der Waals surface area contributed by atoms with Crippen LogP contribution in [-0.2, 0) is 4.74 Å². The van der Waals surface area contributed by atoms with E-state index in [1.54, 1.807) is 0 Å². The van der Waals surface area contributed by atoms with E-state index >= 15 is 0 Å². The van der Waals surface area contributed by atoms with Crippen molar-refractivity contribution in [1.29, 1.82) is 0 Å². The molecule has 2 N–H and O–H groups in total. The molecule has 0 spiro atoms. The van der Waals surface area contributed by atoms with Crippen molar-refractivity contribution in [3.05, 3.63) is 0 Å². The summed E-state index contributed by atoms with van der Waals surface area (Å²) in [5.74, 6) is 0. The number of nitrogens with zero attached hydrogens (tertiary/aromatic N) is 2. The maximum absolute atomic E-state index is 10.1. The molecule has 2 aliphatic rings. The molecule has 5 heteroatoms. The van der Waals surface area contributed by atoms with E-state index in [0.717, 1.165) is 39.4 Å². The van der Waals surface area contributed by atoms with Crippen LogP contribution in [0.1, 0.15) is 19.8 Å². The SMILES string of the molecule is CC1CC(NCC(O)CN2CCOCC2)CCN1C. The fraction of sp³-hybridized carbons (Fsp3) is 1.00. The third-order valence-electron chi connectivity index (χ3n) is 4.42. The second-order valence-corrected chi connectivity index (χ2v) is 6.03. The van der Waals surface area contributed by atoms with Gasteiger partial charge in [0.2, 0.25) is 0 Å². The van der Waals surface area contributed by atoms with Crippen LogP contribution in [0, 0.1) is 0 Å². The first-order chi connectivity index (χ1) is 9.15. The molecule has 2 saturated heterocycles. The molecule has 0 amide bonds. The molecule has 2 fully saturated rings. The van der Waals surface area contributed by atoms with Crippen LogP contribution < -0.4 is 5.32 Å². The summed E-state index contributed by atoms with van der Waals surface area (Å²) in [6, 6.07) is 1.20. The molecule has 19 heavy (non-hydrogen) atoms. The summed E-state index contributed by atoms with van der Waals surface area (Å²) in [6.45, 7) is 8.39. The monoisotopic (exact) mass is 271 g/mol. The first kappa shape index (κ1) is 15.2. The van der Waals surface area contributed by atoms with Gasteiger partial charge < -0.3 is 20.1 Å². The Morgan fingerprint density at radius 3 is 2.74 bits per heavy atom. The zero-order valence-corrected chi connectivity index (χ0v) is 12.3. The van der Waals surface area contributed by atoms with Crippen LogP contribution in [0.3, 0.4) is 0 Å². The Balaban J connectivity index is 1.61. The minimum Gasteiger partial charge on any atom is -0.390 e. The fourth-order valence-corrected chi connectivity index (χ4v) is 2.92. The number of ether oxygens (including phenoxy) is 1. The van der Waals surface area contributed by atoms with Gasteiger partial charge in [-0.2, -0.15) is 0 Å². The zero-order chi connectivity index (χ0) is 13.7. The van der Waals surface area contributed by atoms with Crippen LogP contribution >= 0.6 is 0 Å². The third kappa shape index (κ3) is 5.00. The van der Waals surface area contributed by atoms with Crippen molar-refractivity contribution in [2.45, 2.75) is 38.0 Å². The molecule has 0 aliphatic carbocycles. The van der Waals surface area contributed by atoms with Crippen LogP contribution in [0.4, 0.5) is 0 Å². The number of aliphatic hydroxyl groups is 1. The summed E-state index contributed by atoms with van der Waals surface area (Å²) in [5, 5.41) is 13.6. The lowest BCUT2D eigenvalue weighted by molar-refractivity contribution is 0.0138. The number of likely N-dealkylation sites (tertiary alicyclic amines) is 1. The molecule has 0 radical (unpaired) electrons. The number of hydrogen-bond acceptors (Lipinski definition) is 5. The molecule has 112 valence electrons. The number of nitrogens with one attached hydrogen (secondary N) is 1. The van der Waals surface area contributed by atoms with Crippen molar-refractivity contribution in [2.24, 2.45) is 0 Å². The zero-order valence-electron chi connectivity index (χ0n) is 12.3. The largest absolute Gasteiger partial charge is 0.390 e. The Hall–Kier alpha value is -0.200. The molecular formula is C14H29N3O2. The van der Waals surface area contributed by atoms with Gasteiger partial charge in [-0.25, -0.2) is 0 Å². The van der Waals surface area contributed by atoms with Crippen molar-refractivity contribution < 1.29 is 9.84 Å². The molecule has 0 aromatic rings. The maximum Gasteiger partial charge on any atom is 0.0791 e. The minimum absolute atomic E-state index is 0.270. The van der Waals surface area contributed by atoms with Gasteiger partial charge in [0.05, 0.1) is 19.3 Å². The third-order valence-corrected chi connectivity index (χ3v) is 4.42. The smallest absolute Gasteiger partial charge is 0.0791 e. The second-order valence-electron chi connectivity index (χ2n) is 6.03. The van der Waals surface area contributed by atoms with Crippen molar-refractivity contribution >= 4 is 0 Å². The highest BCUT2D eigenvalue weighted by Gasteiger charge is 2.23. The lowest BCUT2D eigenvalue weighted by Gasteiger charge is -2.36. The summed E-state index contributed by atoms with van der Waals surface area (Å²) in [7, 11) is 2.19. The van der Waals surface area contributed by atoms with Gasteiger partial charge in [-0.1, -0.05) is 0 Å². The molecule has 0 bridgehead atoms. The Morgan fingerprint density at radius 2 is 2.05 bits per heavy atom. The highest BCUT2D eigenvalue weighted by Crippen LogP contribution is 2.15. The van der Waals surface area contributed by atoms with Gasteiger partial charge >= 0.3 is 0 Å². The van der Waals surface area contributed by atoms with Gasteiger partial charge in [-0.15, -0.1) is 0 Å². The normalized spacial score (nSPS) is 32.4. The number of piperidine rings is 1.